The molecule has 5 rings (SSSR count). The minimum atomic E-state index is -0.621. The van der Waals surface area contributed by atoms with Crippen LogP contribution in [0.15, 0.2) is 57.8 Å². The minimum Gasteiger partial charge on any atom is -0.493 e. The van der Waals surface area contributed by atoms with E-state index >= 15 is 0 Å². The highest BCUT2D eigenvalue weighted by atomic mass is 16.6. The van der Waals surface area contributed by atoms with E-state index in [9.17, 15) is 9.90 Å². The SMILES string of the molecule is COc1ccc(/C=N\OCC(=O)N=Nc2c(O)n(CN3C[C@@]4(C)C[C@H]3CC(C)(C)C4)c3ccccc23)cc1OC. The van der Waals surface area contributed by atoms with Crippen molar-refractivity contribution < 1.29 is 24.2 Å². The fourth-order valence-corrected chi connectivity index (χ4v) is 6.70. The summed E-state index contributed by atoms with van der Waals surface area (Å²) >= 11 is 0. The Kier molecular flexibility index (Phi) is 7.55. The summed E-state index contributed by atoms with van der Waals surface area (Å²) in [5.41, 5.74) is 2.42. The highest BCUT2D eigenvalue weighted by molar-refractivity contribution is 5.95. The van der Waals surface area contributed by atoms with E-state index in [1.165, 1.54) is 19.1 Å². The Balaban J connectivity index is 1.27. The van der Waals surface area contributed by atoms with Gasteiger partial charge in [-0.15, -0.1) is 10.2 Å². The molecular formula is C30H37N5O5. The number of aromatic hydroxyl groups is 1. The lowest BCUT2D eigenvalue weighted by Gasteiger charge is -2.40. The standard InChI is InChI=1S/C30H37N5O5/c1-29(2)13-21-14-30(3,17-29)18-34(21)19-35-23-9-7-6-8-22(23)27(28(35)37)33-32-26(36)16-40-31-15-20-10-11-24(38-4)25(12-20)39-5/h6-12,15,21,37H,13-14,16-19H2,1-5H3/b31-15-,33-32?/t21-,30+/m1/s1. The predicted molar refractivity (Wildman–Crippen MR) is 152 cm³/mol. The number of fused-ring (bicyclic) bond motifs is 3. The summed E-state index contributed by atoms with van der Waals surface area (Å²) in [6.07, 6.45) is 4.97. The second kappa shape index (κ2) is 10.9. The number of hydrogen-bond donors (Lipinski definition) is 1. The summed E-state index contributed by atoms with van der Waals surface area (Å²) in [5, 5.41) is 23.7. The van der Waals surface area contributed by atoms with Gasteiger partial charge in [-0.05, 0) is 54.4 Å². The Labute approximate surface area is 234 Å². The molecule has 3 aromatic rings. The second-order valence-corrected chi connectivity index (χ2v) is 11.9. The highest BCUT2D eigenvalue weighted by Gasteiger charge is 2.49. The molecular weight excluding hydrogens is 510 g/mol. The van der Waals surface area contributed by atoms with E-state index in [1.54, 1.807) is 32.4 Å². The van der Waals surface area contributed by atoms with E-state index in [4.69, 9.17) is 14.3 Å². The van der Waals surface area contributed by atoms with Gasteiger partial charge in [-0.2, -0.15) is 0 Å². The molecule has 0 spiro atoms. The van der Waals surface area contributed by atoms with Crippen molar-refractivity contribution in [3.05, 3.63) is 48.0 Å². The maximum Gasteiger partial charge on any atom is 0.304 e. The zero-order valence-corrected chi connectivity index (χ0v) is 23.8. The minimum absolute atomic E-state index is 0.00370. The molecule has 10 nitrogen and oxygen atoms in total. The molecule has 1 saturated carbocycles. The zero-order valence-electron chi connectivity index (χ0n) is 23.8. The van der Waals surface area contributed by atoms with Gasteiger partial charge in [-0.1, -0.05) is 44.1 Å². The molecule has 2 aliphatic rings. The third kappa shape index (κ3) is 5.67. The van der Waals surface area contributed by atoms with Gasteiger partial charge < -0.3 is 19.4 Å². The Morgan fingerprint density at radius 1 is 1.10 bits per heavy atom. The quantitative estimate of drug-likeness (QED) is 0.203. The molecule has 2 heterocycles. The van der Waals surface area contributed by atoms with Crippen LogP contribution in [0.3, 0.4) is 0 Å². The topological polar surface area (TPSA) is 110 Å². The lowest BCUT2D eigenvalue weighted by atomic mass is 9.65. The second-order valence-electron chi connectivity index (χ2n) is 11.9. The van der Waals surface area contributed by atoms with Gasteiger partial charge in [0.15, 0.2) is 23.8 Å². The van der Waals surface area contributed by atoms with Gasteiger partial charge >= 0.3 is 5.91 Å². The van der Waals surface area contributed by atoms with Crippen molar-refractivity contribution in [2.45, 2.75) is 52.7 Å². The molecule has 1 aliphatic carbocycles. The van der Waals surface area contributed by atoms with Gasteiger partial charge in [0.2, 0.25) is 5.88 Å². The Morgan fingerprint density at radius 3 is 2.65 bits per heavy atom. The molecule has 1 aromatic heterocycles. The first kappa shape index (κ1) is 27.6. The average molecular weight is 548 g/mol. The van der Waals surface area contributed by atoms with Crippen LogP contribution in [0.5, 0.6) is 17.4 Å². The summed E-state index contributed by atoms with van der Waals surface area (Å²) in [6, 6.07) is 13.4. The number of oxime groups is 1. The van der Waals surface area contributed by atoms with E-state index in [0.29, 0.717) is 35.2 Å². The van der Waals surface area contributed by atoms with E-state index in [2.05, 4.69) is 41.1 Å². The number of likely N-dealkylation sites (tertiary alicyclic amines) is 1. The van der Waals surface area contributed by atoms with Crippen LogP contribution in [0.25, 0.3) is 10.9 Å². The fourth-order valence-electron chi connectivity index (χ4n) is 6.70. The Bertz CT molecular complexity index is 1460. The lowest BCUT2D eigenvalue weighted by Crippen LogP contribution is -2.35. The number of amides is 1. The van der Waals surface area contributed by atoms with Gasteiger partial charge in [0.25, 0.3) is 0 Å². The molecule has 212 valence electrons. The third-order valence-electron chi connectivity index (χ3n) is 7.90. The van der Waals surface area contributed by atoms with Crippen LogP contribution in [0.2, 0.25) is 0 Å². The van der Waals surface area contributed by atoms with Crippen LogP contribution in [0.4, 0.5) is 5.69 Å². The zero-order chi connectivity index (χ0) is 28.5. The van der Waals surface area contributed by atoms with Crippen LogP contribution in [-0.2, 0) is 16.3 Å². The normalized spacial score (nSPS) is 22.4. The largest absolute Gasteiger partial charge is 0.493 e. The van der Waals surface area contributed by atoms with Crippen molar-refractivity contribution in [3.63, 3.8) is 0 Å². The molecule has 1 saturated heterocycles. The van der Waals surface area contributed by atoms with Crippen LogP contribution < -0.4 is 9.47 Å². The number of carbonyl (C=O) groups is 1. The van der Waals surface area contributed by atoms with Crippen molar-refractivity contribution in [1.82, 2.24) is 9.47 Å². The van der Waals surface area contributed by atoms with Gasteiger partial charge in [-0.3, -0.25) is 14.3 Å². The summed E-state index contributed by atoms with van der Waals surface area (Å²) in [6.45, 7) is 8.23. The van der Waals surface area contributed by atoms with Crippen molar-refractivity contribution in [2.75, 3.05) is 27.4 Å². The van der Waals surface area contributed by atoms with Crippen LogP contribution in [-0.4, -0.2) is 60.1 Å². The van der Waals surface area contributed by atoms with Gasteiger partial charge in [0.05, 0.1) is 32.6 Å². The first-order valence-corrected chi connectivity index (χ1v) is 13.5. The van der Waals surface area contributed by atoms with E-state index in [0.717, 1.165) is 23.9 Å². The molecule has 2 aromatic carbocycles. The molecule has 10 heteroatoms. The van der Waals surface area contributed by atoms with Gasteiger partial charge in [0.1, 0.15) is 0 Å². The number of methoxy groups -OCH3 is 2. The van der Waals surface area contributed by atoms with E-state index in [-0.39, 0.29) is 17.0 Å². The van der Waals surface area contributed by atoms with Gasteiger partial charge in [0, 0.05) is 23.5 Å². The van der Waals surface area contributed by atoms with Gasteiger partial charge in [-0.25, -0.2) is 0 Å². The molecule has 2 bridgehead atoms. The van der Waals surface area contributed by atoms with Crippen molar-refractivity contribution in [2.24, 2.45) is 26.2 Å². The molecule has 40 heavy (non-hydrogen) atoms. The number of nitrogens with zero attached hydrogens (tertiary/aromatic N) is 5. The van der Waals surface area contributed by atoms with E-state index < -0.39 is 12.5 Å². The number of ether oxygens (including phenoxy) is 2. The third-order valence-corrected chi connectivity index (χ3v) is 7.90. The molecule has 2 fully saturated rings. The fraction of sp³-hybridized carbons (Fsp3) is 0.467. The van der Waals surface area contributed by atoms with Crippen LogP contribution in [0.1, 0.15) is 45.6 Å². The maximum absolute atomic E-state index is 12.4. The summed E-state index contributed by atoms with van der Waals surface area (Å²) in [7, 11) is 3.11. The Hall–Kier alpha value is -3.92. The number of aromatic nitrogens is 1. The summed E-state index contributed by atoms with van der Waals surface area (Å²) in [5.74, 6) is 0.531. The summed E-state index contributed by atoms with van der Waals surface area (Å²) in [4.78, 5) is 20.0. The smallest absolute Gasteiger partial charge is 0.304 e. The number of para-hydroxylation sites is 1. The van der Waals surface area contributed by atoms with Crippen molar-refractivity contribution in [1.29, 1.82) is 0 Å². The molecule has 1 aliphatic heterocycles. The van der Waals surface area contributed by atoms with Crippen LogP contribution >= 0.6 is 0 Å². The first-order chi connectivity index (χ1) is 19.1. The van der Waals surface area contributed by atoms with E-state index in [1.807, 2.05) is 28.8 Å². The Morgan fingerprint density at radius 2 is 1.88 bits per heavy atom. The number of hydrogen-bond acceptors (Lipinski definition) is 8. The molecule has 2 atom stereocenters. The van der Waals surface area contributed by atoms with Crippen molar-refractivity contribution in [3.8, 4) is 17.4 Å². The predicted octanol–water partition coefficient (Wildman–Crippen LogP) is 5.88. The average Bonchev–Trinajstić information content (AvgIpc) is 3.32. The highest BCUT2D eigenvalue weighted by Crippen LogP contribution is 2.53. The molecule has 0 unspecified atom stereocenters. The maximum atomic E-state index is 12.4. The number of azo groups is 1. The number of benzene rings is 2. The monoisotopic (exact) mass is 547 g/mol. The first-order valence-electron chi connectivity index (χ1n) is 13.5. The lowest BCUT2D eigenvalue weighted by molar-refractivity contribution is -0.122. The molecule has 1 N–H and O–H groups in total. The number of rotatable bonds is 9. The molecule has 1 amide bonds. The van der Waals surface area contributed by atoms with Crippen molar-refractivity contribution >= 4 is 28.7 Å². The van der Waals surface area contributed by atoms with Crippen LogP contribution in [0, 0.1) is 10.8 Å². The number of carbonyl (C=O) groups excluding carboxylic acids is 1. The summed E-state index contributed by atoms with van der Waals surface area (Å²) < 4.78 is 12.4. The molecule has 0 radical (unpaired) electrons.